The average molecular weight is 432 g/mol. The number of ketones is 1. The number of benzene rings is 3. The minimum Gasteiger partial charge on any atom is -0.493 e. The highest BCUT2D eigenvalue weighted by Gasteiger charge is 2.32. The number of methoxy groups -OCH3 is 3. The van der Waals surface area contributed by atoms with Crippen LogP contribution in [0.5, 0.6) is 28.7 Å². The van der Waals surface area contributed by atoms with Crippen molar-refractivity contribution in [3.63, 3.8) is 0 Å². The molecule has 0 atom stereocenters. The van der Waals surface area contributed by atoms with Crippen molar-refractivity contribution in [1.82, 2.24) is 0 Å². The molecule has 3 aromatic carbocycles. The zero-order valence-corrected chi connectivity index (χ0v) is 18.2. The number of Topliss-reactive ketones (excluding diaryl/α,β-unsaturated/α-hetero) is 1. The molecule has 0 N–H and O–H groups in total. The van der Waals surface area contributed by atoms with Gasteiger partial charge in [-0.25, -0.2) is 0 Å². The van der Waals surface area contributed by atoms with Crippen LogP contribution in [0.3, 0.4) is 0 Å². The fourth-order valence-corrected chi connectivity index (χ4v) is 3.55. The monoisotopic (exact) mass is 432 g/mol. The first-order valence-electron chi connectivity index (χ1n) is 10.1. The fourth-order valence-electron chi connectivity index (χ4n) is 3.55. The number of carbonyl (C=O) groups is 1. The molecule has 0 spiro atoms. The average Bonchev–Trinajstić information content (AvgIpc) is 2.84. The van der Waals surface area contributed by atoms with E-state index in [4.69, 9.17) is 23.7 Å². The minimum atomic E-state index is -0.173. The standard InChI is InChI=1S/C26H24O6/c1-28-22-14-21-23(26(30-3)25(22)29-2)24(27)19(16-32-21)13-17-9-11-20(12-10-17)31-15-18-7-5-4-6-8-18/h4-14H,15-16H2,1-3H3/b19-13+. The van der Waals surface area contributed by atoms with E-state index in [1.54, 1.807) is 6.07 Å². The van der Waals surface area contributed by atoms with Gasteiger partial charge < -0.3 is 23.7 Å². The summed E-state index contributed by atoms with van der Waals surface area (Å²) in [5.41, 5.74) is 2.81. The van der Waals surface area contributed by atoms with E-state index >= 15 is 0 Å². The molecule has 1 aliphatic rings. The lowest BCUT2D eigenvalue weighted by atomic mass is 9.96. The predicted octanol–water partition coefficient (Wildman–Crippen LogP) is 4.95. The van der Waals surface area contributed by atoms with Crippen LogP contribution in [0.1, 0.15) is 21.5 Å². The van der Waals surface area contributed by atoms with E-state index < -0.39 is 0 Å². The van der Waals surface area contributed by atoms with Gasteiger partial charge >= 0.3 is 0 Å². The van der Waals surface area contributed by atoms with Gasteiger partial charge in [0.1, 0.15) is 30.3 Å². The maximum absolute atomic E-state index is 13.2. The second kappa shape index (κ2) is 9.47. The summed E-state index contributed by atoms with van der Waals surface area (Å²) in [5, 5.41) is 0. The summed E-state index contributed by atoms with van der Waals surface area (Å²) >= 11 is 0. The van der Waals surface area contributed by atoms with Crippen LogP contribution >= 0.6 is 0 Å². The predicted molar refractivity (Wildman–Crippen MR) is 121 cm³/mol. The van der Waals surface area contributed by atoms with Crippen LogP contribution in [0, 0.1) is 0 Å². The molecule has 0 unspecified atom stereocenters. The lowest BCUT2D eigenvalue weighted by Crippen LogP contribution is -2.20. The first-order chi connectivity index (χ1) is 15.6. The molecule has 0 amide bonds. The molecule has 3 aromatic rings. The molecule has 0 aliphatic carbocycles. The molecule has 32 heavy (non-hydrogen) atoms. The summed E-state index contributed by atoms with van der Waals surface area (Å²) in [6.07, 6.45) is 1.81. The Kier molecular flexibility index (Phi) is 6.31. The Balaban J connectivity index is 1.55. The third kappa shape index (κ3) is 4.25. The van der Waals surface area contributed by atoms with E-state index in [9.17, 15) is 4.79 Å². The molecular formula is C26H24O6. The zero-order valence-electron chi connectivity index (χ0n) is 18.2. The highest BCUT2D eigenvalue weighted by atomic mass is 16.5. The smallest absolute Gasteiger partial charge is 0.204 e. The Bertz CT molecular complexity index is 1130. The van der Waals surface area contributed by atoms with Gasteiger partial charge in [0.25, 0.3) is 0 Å². The van der Waals surface area contributed by atoms with Gasteiger partial charge in [-0.15, -0.1) is 0 Å². The number of rotatable bonds is 7. The van der Waals surface area contributed by atoms with Crippen LogP contribution < -0.4 is 23.7 Å². The molecule has 0 saturated heterocycles. The number of fused-ring (bicyclic) bond motifs is 1. The second-order valence-corrected chi connectivity index (χ2v) is 7.15. The SMILES string of the molecule is COc1cc2c(c(OC)c1OC)C(=O)/C(=C/c1ccc(OCc3ccccc3)cc1)CO2. The zero-order chi connectivity index (χ0) is 22.5. The summed E-state index contributed by atoms with van der Waals surface area (Å²) < 4.78 is 27.9. The second-order valence-electron chi connectivity index (χ2n) is 7.15. The molecule has 1 heterocycles. The number of ether oxygens (including phenoxy) is 5. The van der Waals surface area contributed by atoms with Gasteiger partial charge in [-0.05, 0) is 29.3 Å². The van der Waals surface area contributed by atoms with Crippen molar-refractivity contribution in [2.75, 3.05) is 27.9 Å². The van der Waals surface area contributed by atoms with E-state index in [2.05, 4.69) is 0 Å². The lowest BCUT2D eigenvalue weighted by Gasteiger charge is -2.23. The van der Waals surface area contributed by atoms with Crippen LogP contribution in [-0.2, 0) is 6.61 Å². The summed E-state index contributed by atoms with van der Waals surface area (Å²) in [6, 6.07) is 19.2. The Hall–Kier alpha value is -3.93. The van der Waals surface area contributed by atoms with Gasteiger partial charge in [-0.2, -0.15) is 0 Å². The summed E-state index contributed by atoms with van der Waals surface area (Å²) in [7, 11) is 4.50. The molecule has 6 heteroatoms. The molecule has 0 saturated carbocycles. The molecule has 164 valence electrons. The summed E-state index contributed by atoms with van der Waals surface area (Å²) in [4.78, 5) is 13.2. The van der Waals surface area contributed by atoms with Crippen LogP contribution in [0.25, 0.3) is 6.08 Å². The molecule has 4 rings (SSSR count). The maximum atomic E-state index is 13.2. The molecule has 6 nitrogen and oxygen atoms in total. The van der Waals surface area contributed by atoms with Crippen molar-refractivity contribution < 1.29 is 28.5 Å². The Morgan fingerprint density at radius 3 is 2.28 bits per heavy atom. The van der Waals surface area contributed by atoms with Gasteiger partial charge in [0.05, 0.1) is 21.3 Å². The van der Waals surface area contributed by atoms with Crippen molar-refractivity contribution in [2.45, 2.75) is 6.61 Å². The van der Waals surface area contributed by atoms with Crippen LogP contribution in [-0.4, -0.2) is 33.7 Å². The minimum absolute atomic E-state index is 0.150. The van der Waals surface area contributed by atoms with Crippen molar-refractivity contribution in [3.05, 3.63) is 82.9 Å². The molecule has 0 radical (unpaired) electrons. The lowest BCUT2D eigenvalue weighted by molar-refractivity contribution is 0.0996. The van der Waals surface area contributed by atoms with Crippen molar-refractivity contribution >= 4 is 11.9 Å². The van der Waals surface area contributed by atoms with Crippen LogP contribution in [0.2, 0.25) is 0 Å². The number of hydrogen-bond donors (Lipinski definition) is 0. The van der Waals surface area contributed by atoms with Crippen molar-refractivity contribution in [1.29, 1.82) is 0 Å². The molecular weight excluding hydrogens is 408 g/mol. The van der Waals surface area contributed by atoms with Crippen LogP contribution in [0.15, 0.2) is 66.2 Å². The normalized spacial score (nSPS) is 13.8. The van der Waals surface area contributed by atoms with Crippen LogP contribution in [0.4, 0.5) is 0 Å². The maximum Gasteiger partial charge on any atom is 0.204 e. The van der Waals surface area contributed by atoms with Gasteiger partial charge in [0, 0.05) is 11.6 Å². The Morgan fingerprint density at radius 1 is 0.906 bits per heavy atom. The van der Waals surface area contributed by atoms with E-state index in [0.717, 1.165) is 16.9 Å². The van der Waals surface area contributed by atoms with E-state index in [0.29, 0.717) is 40.7 Å². The molecule has 0 bridgehead atoms. The highest BCUT2D eigenvalue weighted by Crippen LogP contribution is 2.47. The number of carbonyl (C=O) groups excluding carboxylic acids is 1. The summed E-state index contributed by atoms with van der Waals surface area (Å²) in [5.74, 6) is 2.08. The Morgan fingerprint density at radius 2 is 1.62 bits per heavy atom. The van der Waals surface area contributed by atoms with Gasteiger partial charge in [-0.1, -0.05) is 42.5 Å². The third-order valence-electron chi connectivity index (χ3n) is 5.17. The van der Waals surface area contributed by atoms with E-state index in [1.165, 1.54) is 21.3 Å². The van der Waals surface area contributed by atoms with E-state index in [-0.39, 0.29) is 12.4 Å². The topological polar surface area (TPSA) is 63.2 Å². The Labute approximate surface area is 186 Å². The van der Waals surface area contributed by atoms with E-state index in [1.807, 2.05) is 60.7 Å². The van der Waals surface area contributed by atoms with Crippen molar-refractivity contribution in [2.24, 2.45) is 0 Å². The van der Waals surface area contributed by atoms with Gasteiger partial charge in [0.15, 0.2) is 17.3 Å². The fraction of sp³-hybridized carbons (Fsp3) is 0.192. The highest BCUT2D eigenvalue weighted by molar-refractivity contribution is 6.16. The largest absolute Gasteiger partial charge is 0.493 e. The molecule has 0 aromatic heterocycles. The van der Waals surface area contributed by atoms with Gasteiger partial charge in [0.2, 0.25) is 5.75 Å². The first-order valence-corrected chi connectivity index (χ1v) is 10.1. The summed E-state index contributed by atoms with van der Waals surface area (Å²) in [6.45, 7) is 0.645. The van der Waals surface area contributed by atoms with Gasteiger partial charge in [-0.3, -0.25) is 4.79 Å². The number of hydrogen-bond acceptors (Lipinski definition) is 6. The molecule has 1 aliphatic heterocycles. The quantitative estimate of drug-likeness (QED) is 0.492. The van der Waals surface area contributed by atoms with Crippen molar-refractivity contribution in [3.8, 4) is 28.7 Å². The molecule has 0 fully saturated rings. The first kappa shape index (κ1) is 21.3. The third-order valence-corrected chi connectivity index (χ3v) is 5.17.